The molecule has 1 aromatic carbocycles. The van der Waals surface area contributed by atoms with Gasteiger partial charge in [-0.25, -0.2) is 9.18 Å². The molecule has 1 atom stereocenters. The summed E-state index contributed by atoms with van der Waals surface area (Å²) in [6, 6.07) is 0.278. The first-order valence-electron chi connectivity index (χ1n) is 5.28. The molecule has 1 heterocycles. The largest absolute Gasteiger partial charge is 0.449 e. The third kappa shape index (κ3) is 3.46. The van der Waals surface area contributed by atoms with Crippen LogP contribution in [0.1, 0.15) is 23.6 Å². The number of halogens is 6. The number of hydrogen-bond acceptors (Lipinski definition) is 2. The Labute approximate surface area is 122 Å². The number of rotatable bonds is 1. The highest BCUT2D eigenvalue weighted by atomic mass is 35.5. The third-order valence-corrected chi connectivity index (χ3v) is 2.97. The number of amides is 1. The number of alkyl halides is 3. The molecule has 3 nitrogen and oxygen atoms in total. The normalized spacial score (nSPS) is 18.9. The average molecular weight is 334 g/mol. The maximum Gasteiger partial charge on any atom is 0.416 e. The first-order valence-corrected chi connectivity index (χ1v) is 5.66. The molecule has 0 aliphatic carbocycles. The van der Waals surface area contributed by atoms with Crippen molar-refractivity contribution in [3.05, 3.63) is 34.1 Å². The quantitative estimate of drug-likeness (QED) is 0.786. The van der Waals surface area contributed by atoms with E-state index in [1.807, 2.05) is 0 Å². The maximum atomic E-state index is 13.8. The number of ether oxygens (including phenoxy) is 1. The van der Waals surface area contributed by atoms with Gasteiger partial charge in [0.1, 0.15) is 5.82 Å². The molecule has 0 unspecified atom stereocenters. The molecule has 1 fully saturated rings. The molecule has 1 amide bonds. The van der Waals surface area contributed by atoms with Gasteiger partial charge >= 0.3 is 12.3 Å². The number of carbonyl (C=O) groups is 1. The molecule has 0 spiro atoms. The van der Waals surface area contributed by atoms with E-state index in [2.05, 4.69) is 10.1 Å². The molecule has 2 rings (SSSR count). The lowest BCUT2D eigenvalue weighted by Crippen LogP contribution is -2.35. The second-order valence-corrected chi connectivity index (χ2v) is 4.39. The Morgan fingerprint density at radius 2 is 2.00 bits per heavy atom. The molecule has 1 aliphatic rings. The van der Waals surface area contributed by atoms with Gasteiger partial charge in [0.25, 0.3) is 0 Å². The zero-order valence-electron chi connectivity index (χ0n) is 9.76. The van der Waals surface area contributed by atoms with Gasteiger partial charge in [-0.05, 0) is 12.1 Å². The van der Waals surface area contributed by atoms with Gasteiger partial charge in [-0.3, -0.25) is 0 Å². The Morgan fingerprint density at radius 1 is 1.35 bits per heavy atom. The first-order chi connectivity index (χ1) is 8.79. The van der Waals surface area contributed by atoms with Crippen LogP contribution in [0.15, 0.2) is 12.1 Å². The Balaban J connectivity index is 0.00000200. The van der Waals surface area contributed by atoms with Crippen molar-refractivity contribution in [2.75, 3.05) is 6.61 Å². The fraction of sp³-hybridized carbons (Fsp3) is 0.364. The number of cyclic esters (lactones) is 1. The van der Waals surface area contributed by atoms with Crippen molar-refractivity contribution in [1.82, 2.24) is 5.32 Å². The minimum absolute atomic E-state index is 0. The molecule has 1 aliphatic heterocycles. The van der Waals surface area contributed by atoms with E-state index < -0.39 is 34.7 Å². The third-order valence-electron chi connectivity index (χ3n) is 2.69. The van der Waals surface area contributed by atoms with Crippen molar-refractivity contribution < 1.29 is 27.1 Å². The van der Waals surface area contributed by atoms with Crippen LogP contribution in [0, 0.1) is 5.82 Å². The summed E-state index contributed by atoms with van der Waals surface area (Å²) in [6.07, 6.45) is -5.27. The van der Waals surface area contributed by atoms with E-state index in [9.17, 15) is 22.4 Å². The van der Waals surface area contributed by atoms with E-state index in [1.54, 1.807) is 0 Å². The van der Waals surface area contributed by atoms with Gasteiger partial charge in [0.2, 0.25) is 0 Å². The molecule has 1 N–H and O–H groups in total. The van der Waals surface area contributed by atoms with Gasteiger partial charge in [0.15, 0.2) is 0 Å². The lowest BCUT2D eigenvalue weighted by molar-refractivity contribution is -0.137. The van der Waals surface area contributed by atoms with Gasteiger partial charge in [0.05, 0.1) is 23.2 Å². The molecule has 0 saturated carbocycles. The van der Waals surface area contributed by atoms with E-state index in [4.69, 9.17) is 11.6 Å². The zero-order chi connectivity index (χ0) is 14.2. The Kier molecular flexibility index (Phi) is 5.10. The molecule has 0 radical (unpaired) electrons. The smallest absolute Gasteiger partial charge is 0.416 e. The highest BCUT2D eigenvalue weighted by Crippen LogP contribution is 2.36. The topological polar surface area (TPSA) is 38.3 Å². The van der Waals surface area contributed by atoms with E-state index >= 15 is 0 Å². The maximum absolute atomic E-state index is 13.8. The fourth-order valence-corrected chi connectivity index (χ4v) is 2.01. The molecule has 112 valence electrons. The van der Waals surface area contributed by atoms with Crippen LogP contribution in [-0.2, 0) is 10.9 Å². The average Bonchev–Trinajstić information content (AvgIpc) is 2.31. The molecule has 0 aromatic heterocycles. The van der Waals surface area contributed by atoms with E-state index in [0.717, 1.165) is 0 Å². The van der Waals surface area contributed by atoms with Gasteiger partial charge in [0, 0.05) is 12.0 Å². The molecule has 20 heavy (non-hydrogen) atoms. The van der Waals surface area contributed by atoms with Crippen molar-refractivity contribution >= 4 is 30.1 Å². The summed E-state index contributed by atoms with van der Waals surface area (Å²) in [5, 5.41) is 1.62. The van der Waals surface area contributed by atoms with Crippen LogP contribution in [0.5, 0.6) is 0 Å². The van der Waals surface area contributed by atoms with Crippen LogP contribution < -0.4 is 5.32 Å². The number of hydrogen-bond donors (Lipinski definition) is 1. The summed E-state index contributed by atoms with van der Waals surface area (Å²) in [5.41, 5.74) is -1.36. The molecule has 9 heteroatoms. The van der Waals surface area contributed by atoms with Crippen LogP contribution in [0.2, 0.25) is 5.02 Å². The van der Waals surface area contributed by atoms with Crippen molar-refractivity contribution in [1.29, 1.82) is 0 Å². The van der Waals surface area contributed by atoms with Gasteiger partial charge in [-0.2, -0.15) is 13.2 Å². The van der Waals surface area contributed by atoms with Crippen LogP contribution in [0.25, 0.3) is 0 Å². The highest BCUT2D eigenvalue weighted by molar-refractivity contribution is 6.30. The number of alkyl carbamates (subject to hydrolysis) is 1. The van der Waals surface area contributed by atoms with Crippen molar-refractivity contribution in [3.63, 3.8) is 0 Å². The summed E-state index contributed by atoms with van der Waals surface area (Å²) in [7, 11) is 0. The summed E-state index contributed by atoms with van der Waals surface area (Å²) < 4.78 is 56.3. The van der Waals surface area contributed by atoms with Crippen LogP contribution in [-0.4, -0.2) is 12.7 Å². The summed E-state index contributed by atoms with van der Waals surface area (Å²) in [4.78, 5) is 11.0. The van der Waals surface area contributed by atoms with Gasteiger partial charge < -0.3 is 10.1 Å². The predicted octanol–water partition coefficient (Wildman–Crippen LogP) is 4.09. The number of benzene rings is 1. The Bertz CT molecular complexity index is 522. The minimum atomic E-state index is -4.64. The van der Waals surface area contributed by atoms with Crippen LogP contribution in [0.4, 0.5) is 22.4 Å². The second-order valence-electron chi connectivity index (χ2n) is 3.98. The predicted molar refractivity (Wildman–Crippen MR) is 65.5 cm³/mol. The van der Waals surface area contributed by atoms with E-state index in [1.165, 1.54) is 0 Å². The lowest BCUT2D eigenvalue weighted by atomic mass is 10.00. The summed E-state index contributed by atoms with van der Waals surface area (Å²) in [6.45, 7) is 0.00377. The van der Waals surface area contributed by atoms with E-state index in [-0.39, 0.29) is 31.0 Å². The van der Waals surface area contributed by atoms with Crippen molar-refractivity contribution in [2.45, 2.75) is 18.6 Å². The number of carbonyl (C=O) groups excluding carboxylic acids is 1. The van der Waals surface area contributed by atoms with Crippen LogP contribution in [0.3, 0.4) is 0 Å². The molecular weight excluding hydrogens is 325 g/mol. The standard InChI is InChI=1S/C11H8ClF4NO2.ClH/c12-7-4-5(11(14,15)16)3-6(9(7)13)8-1-2-19-10(18)17-8;/h3-4,8H,1-2H2,(H,17,18);1H/t8-;/m1./s1. The molecule has 0 bridgehead atoms. The Hall–Kier alpha value is -1.21. The highest BCUT2D eigenvalue weighted by Gasteiger charge is 2.34. The van der Waals surface area contributed by atoms with E-state index in [0.29, 0.717) is 12.1 Å². The fourth-order valence-electron chi connectivity index (χ4n) is 1.79. The molecular formula is C11H9Cl2F4NO2. The molecule has 1 aromatic rings. The Morgan fingerprint density at radius 3 is 2.55 bits per heavy atom. The van der Waals surface area contributed by atoms with Crippen molar-refractivity contribution in [2.24, 2.45) is 0 Å². The second kappa shape index (κ2) is 6.05. The number of nitrogens with one attached hydrogen (secondary N) is 1. The zero-order valence-corrected chi connectivity index (χ0v) is 11.3. The monoisotopic (exact) mass is 333 g/mol. The summed E-state index contributed by atoms with van der Waals surface area (Å²) >= 11 is 5.46. The minimum Gasteiger partial charge on any atom is -0.449 e. The van der Waals surface area contributed by atoms with Gasteiger partial charge in [-0.15, -0.1) is 12.4 Å². The summed E-state index contributed by atoms with van der Waals surface area (Å²) in [5.74, 6) is -0.970. The molecule has 1 saturated heterocycles. The van der Waals surface area contributed by atoms with Crippen molar-refractivity contribution in [3.8, 4) is 0 Å². The lowest BCUT2D eigenvalue weighted by Gasteiger charge is -2.25. The first kappa shape index (κ1) is 16.8. The van der Waals surface area contributed by atoms with Crippen LogP contribution >= 0.6 is 24.0 Å². The SMILES string of the molecule is Cl.O=C1N[C@@H](c2cc(C(F)(F)F)cc(Cl)c2F)CCO1. The van der Waals surface area contributed by atoms with Gasteiger partial charge in [-0.1, -0.05) is 11.6 Å².